The molecule has 5 rings (SSSR count). The fourth-order valence-corrected chi connectivity index (χ4v) is 5.23. The number of carbonyl (C=O) groups excluding carboxylic acids is 1. The van der Waals surface area contributed by atoms with Crippen molar-refractivity contribution in [2.75, 3.05) is 70.6 Å². The number of nitrogens with zero attached hydrogens (tertiary/aromatic N) is 7. The van der Waals surface area contributed by atoms with E-state index in [4.69, 9.17) is 4.98 Å². The fourth-order valence-electron chi connectivity index (χ4n) is 5.23. The zero-order valence-electron chi connectivity index (χ0n) is 24.0. The van der Waals surface area contributed by atoms with Crippen molar-refractivity contribution < 1.29 is 4.79 Å². The van der Waals surface area contributed by atoms with Crippen LogP contribution >= 0.6 is 0 Å². The Bertz CT molecular complexity index is 1410. The summed E-state index contributed by atoms with van der Waals surface area (Å²) in [6.45, 7) is 8.07. The number of fused-ring (bicyclic) bond motifs is 1. The molecule has 10 nitrogen and oxygen atoms in total. The van der Waals surface area contributed by atoms with Gasteiger partial charge in [-0.15, -0.1) is 0 Å². The van der Waals surface area contributed by atoms with E-state index < -0.39 is 0 Å². The molecular formula is C30H40N8O2. The summed E-state index contributed by atoms with van der Waals surface area (Å²) in [4.78, 5) is 43.0. The van der Waals surface area contributed by atoms with Crippen LogP contribution in [0.4, 0.5) is 17.3 Å². The highest BCUT2D eigenvalue weighted by molar-refractivity contribution is 5.88. The van der Waals surface area contributed by atoms with Crippen molar-refractivity contribution in [1.29, 1.82) is 0 Å². The number of carbonyl (C=O) groups is 1. The third-order valence-corrected chi connectivity index (χ3v) is 7.93. The molecule has 0 aliphatic carbocycles. The minimum absolute atomic E-state index is 0.0509. The molecule has 1 N–H and O–H groups in total. The van der Waals surface area contributed by atoms with Crippen LogP contribution in [0.15, 0.2) is 59.5 Å². The molecule has 2 saturated heterocycles. The van der Waals surface area contributed by atoms with E-state index in [2.05, 4.69) is 46.2 Å². The van der Waals surface area contributed by atoms with Gasteiger partial charge in [-0.25, -0.2) is 4.98 Å². The Labute approximate surface area is 235 Å². The van der Waals surface area contributed by atoms with Crippen molar-refractivity contribution in [3.63, 3.8) is 0 Å². The quantitative estimate of drug-likeness (QED) is 0.412. The number of likely N-dealkylation sites (N-methyl/N-ethyl adjacent to an activating group) is 2. The van der Waals surface area contributed by atoms with E-state index in [1.807, 2.05) is 42.1 Å². The minimum atomic E-state index is -0.0817. The molecule has 0 spiro atoms. The molecule has 40 heavy (non-hydrogen) atoms. The number of hydrogen-bond donors (Lipinski definition) is 1. The third-order valence-electron chi connectivity index (χ3n) is 7.93. The Morgan fingerprint density at radius 3 is 2.60 bits per heavy atom. The number of hydrogen-bond acceptors (Lipinski definition) is 8. The van der Waals surface area contributed by atoms with E-state index in [0.29, 0.717) is 30.1 Å². The molecule has 2 aliphatic rings. The van der Waals surface area contributed by atoms with Gasteiger partial charge in [0, 0.05) is 87.0 Å². The summed E-state index contributed by atoms with van der Waals surface area (Å²) in [5, 5.41) is 4.12. The first-order chi connectivity index (χ1) is 19.3. The zero-order valence-corrected chi connectivity index (χ0v) is 24.0. The molecule has 10 heteroatoms. The Kier molecular flexibility index (Phi) is 8.46. The van der Waals surface area contributed by atoms with Crippen LogP contribution in [-0.4, -0.2) is 102 Å². The molecule has 1 amide bonds. The van der Waals surface area contributed by atoms with Gasteiger partial charge in [0.1, 0.15) is 5.65 Å². The molecule has 212 valence electrons. The molecule has 1 atom stereocenters. The number of aryl methyl sites for hydroxylation is 1. The number of nitrogens with one attached hydrogen (secondary N) is 1. The van der Waals surface area contributed by atoms with Crippen molar-refractivity contribution in [3.8, 4) is 0 Å². The normalized spacial score (nSPS) is 18.6. The summed E-state index contributed by atoms with van der Waals surface area (Å²) >= 11 is 0. The van der Waals surface area contributed by atoms with E-state index in [1.165, 1.54) is 5.69 Å². The standard InChI is InChI=1S/C30H40N8O2/c1-22-19-36(17-16-35(22)4)26-10-8-25(9-11-26)32-30-31-18-24-7-12-28(40)38(29(24)33-30)15-13-23-20-37(21-23)27(39)6-5-14-34(2)3/h5-12,18,22-23H,13-17,19-21H2,1-4H3,(H,31,32,33)/b6-5+/t22-/m1/s1. The van der Waals surface area contributed by atoms with Gasteiger partial charge in [-0.1, -0.05) is 6.08 Å². The molecule has 0 radical (unpaired) electrons. The second-order valence-corrected chi connectivity index (χ2v) is 11.3. The van der Waals surface area contributed by atoms with Gasteiger partial charge >= 0.3 is 0 Å². The smallest absolute Gasteiger partial charge is 0.252 e. The number of benzene rings is 1. The van der Waals surface area contributed by atoms with Crippen LogP contribution in [-0.2, 0) is 11.3 Å². The van der Waals surface area contributed by atoms with E-state index in [0.717, 1.165) is 56.8 Å². The van der Waals surface area contributed by atoms with Crippen molar-refractivity contribution in [3.05, 3.63) is 65.1 Å². The van der Waals surface area contributed by atoms with Crippen LogP contribution in [0.2, 0.25) is 0 Å². The SMILES string of the molecule is C[C@@H]1CN(c2ccc(Nc3ncc4ccc(=O)n(CCC5CN(C(=O)/C=C/CN(C)C)C5)c4n3)cc2)CCN1C. The van der Waals surface area contributed by atoms with Gasteiger partial charge in [-0.3, -0.25) is 14.2 Å². The Hall–Kier alpha value is -3.76. The highest BCUT2D eigenvalue weighted by Gasteiger charge is 2.29. The summed E-state index contributed by atoms with van der Waals surface area (Å²) in [7, 11) is 6.12. The molecule has 2 aromatic heterocycles. The maximum Gasteiger partial charge on any atom is 0.252 e. The van der Waals surface area contributed by atoms with Crippen molar-refractivity contribution in [2.45, 2.75) is 25.9 Å². The summed E-state index contributed by atoms with van der Waals surface area (Å²) in [6.07, 6.45) is 6.10. The maximum absolute atomic E-state index is 12.8. The molecule has 2 aliphatic heterocycles. The number of aromatic nitrogens is 3. The minimum Gasteiger partial charge on any atom is -0.369 e. The topological polar surface area (TPSA) is 89.8 Å². The second kappa shape index (κ2) is 12.2. The molecule has 2 fully saturated rings. The molecule has 1 aromatic carbocycles. The largest absolute Gasteiger partial charge is 0.369 e. The third kappa shape index (κ3) is 6.51. The van der Waals surface area contributed by atoms with Crippen LogP contribution in [0.5, 0.6) is 0 Å². The van der Waals surface area contributed by atoms with E-state index in [9.17, 15) is 9.59 Å². The van der Waals surface area contributed by atoms with Gasteiger partial charge in [-0.2, -0.15) is 4.98 Å². The Morgan fingerprint density at radius 2 is 1.88 bits per heavy atom. The molecule has 0 unspecified atom stereocenters. The zero-order chi connectivity index (χ0) is 28.2. The van der Waals surface area contributed by atoms with Gasteiger partial charge in [0.05, 0.1) is 0 Å². The number of amides is 1. The monoisotopic (exact) mass is 544 g/mol. The molecule has 3 aromatic rings. The summed E-state index contributed by atoms with van der Waals surface area (Å²) < 4.78 is 1.72. The summed E-state index contributed by atoms with van der Waals surface area (Å²) in [5.41, 5.74) is 2.64. The lowest BCUT2D eigenvalue weighted by Gasteiger charge is -2.39. The van der Waals surface area contributed by atoms with Gasteiger partial charge < -0.3 is 24.9 Å². The number of rotatable bonds is 9. The van der Waals surface area contributed by atoms with Crippen molar-refractivity contribution in [2.24, 2.45) is 5.92 Å². The average molecular weight is 545 g/mol. The van der Waals surface area contributed by atoms with E-state index in [-0.39, 0.29) is 11.5 Å². The van der Waals surface area contributed by atoms with E-state index in [1.54, 1.807) is 29.0 Å². The van der Waals surface area contributed by atoms with Crippen LogP contribution in [0.3, 0.4) is 0 Å². The number of anilines is 3. The molecular weight excluding hydrogens is 504 g/mol. The number of likely N-dealkylation sites (tertiary alicyclic amines) is 1. The van der Waals surface area contributed by atoms with Crippen LogP contribution in [0, 0.1) is 5.92 Å². The maximum atomic E-state index is 12.8. The highest BCUT2D eigenvalue weighted by atomic mass is 16.2. The molecule has 4 heterocycles. The lowest BCUT2D eigenvalue weighted by Crippen LogP contribution is -2.50. The van der Waals surface area contributed by atoms with Gasteiger partial charge in [0.2, 0.25) is 11.9 Å². The predicted molar refractivity (Wildman–Crippen MR) is 160 cm³/mol. The first kappa shape index (κ1) is 27.8. The predicted octanol–water partition coefficient (Wildman–Crippen LogP) is 2.64. The fraction of sp³-hybridized carbons (Fsp3) is 0.467. The van der Waals surface area contributed by atoms with Crippen molar-refractivity contribution >= 4 is 34.3 Å². The molecule has 0 bridgehead atoms. The van der Waals surface area contributed by atoms with Gasteiger partial charge in [0.25, 0.3) is 5.56 Å². The van der Waals surface area contributed by atoms with Crippen LogP contribution in [0.1, 0.15) is 13.3 Å². The first-order valence-electron chi connectivity index (χ1n) is 14.1. The van der Waals surface area contributed by atoms with Gasteiger partial charge in [0.15, 0.2) is 0 Å². The average Bonchev–Trinajstić information content (AvgIpc) is 2.90. The van der Waals surface area contributed by atoms with E-state index >= 15 is 0 Å². The van der Waals surface area contributed by atoms with Crippen LogP contribution in [0.25, 0.3) is 11.0 Å². The Morgan fingerprint density at radius 1 is 1.10 bits per heavy atom. The van der Waals surface area contributed by atoms with Crippen molar-refractivity contribution in [1.82, 2.24) is 29.2 Å². The Balaban J connectivity index is 1.21. The highest BCUT2D eigenvalue weighted by Crippen LogP contribution is 2.24. The second-order valence-electron chi connectivity index (χ2n) is 11.3. The lowest BCUT2D eigenvalue weighted by molar-refractivity contribution is -0.132. The summed E-state index contributed by atoms with van der Waals surface area (Å²) in [5.74, 6) is 0.877. The number of piperazine rings is 1. The van der Waals surface area contributed by atoms with Gasteiger partial charge in [-0.05, 0) is 70.7 Å². The number of pyridine rings is 1. The van der Waals surface area contributed by atoms with Crippen LogP contribution < -0.4 is 15.8 Å². The first-order valence-corrected chi connectivity index (χ1v) is 14.1. The summed E-state index contributed by atoms with van der Waals surface area (Å²) in [6, 6.07) is 12.2. The lowest BCUT2D eigenvalue weighted by atomic mass is 9.96. The molecule has 0 saturated carbocycles.